The predicted octanol–water partition coefficient (Wildman–Crippen LogP) is 3.29. The molecular formula is C18H16F4N6O. The van der Waals surface area contributed by atoms with Crippen LogP contribution in [0.15, 0.2) is 36.9 Å². The maximum absolute atomic E-state index is 13.3. The number of pyridine rings is 1. The Balaban J connectivity index is 1.60. The fraction of sp³-hybridized carbons (Fsp3) is 0.333. The molecule has 0 saturated carbocycles. The van der Waals surface area contributed by atoms with E-state index in [0.717, 1.165) is 12.3 Å². The normalized spacial score (nSPS) is 17.5. The van der Waals surface area contributed by atoms with Gasteiger partial charge < -0.3 is 10.2 Å². The first-order chi connectivity index (χ1) is 13.8. The Bertz CT molecular complexity index is 1050. The van der Waals surface area contributed by atoms with E-state index in [4.69, 9.17) is 0 Å². The highest BCUT2D eigenvalue weighted by Gasteiger charge is 2.42. The van der Waals surface area contributed by atoms with Gasteiger partial charge in [0.2, 0.25) is 0 Å². The summed E-state index contributed by atoms with van der Waals surface area (Å²) in [7, 11) is 0. The van der Waals surface area contributed by atoms with Crippen LogP contribution in [0.1, 0.15) is 23.2 Å². The Kier molecular flexibility index (Phi) is 4.81. The number of amides is 1. The highest BCUT2D eigenvalue weighted by Crippen LogP contribution is 2.34. The Morgan fingerprint density at radius 1 is 1.24 bits per heavy atom. The third-order valence-electron chi connectivity index (χ3n) is 4.77. The number of anilines is 2. The summed E-state index contributed by atoms with van der Waals surface area (Å²) in [5, 5.41) is 6.55. The van der Waals surface area contributed by atoms with Gasteiger partial charge in [0.25, 0.3) is 5.91 Å². The summed E-state index contributed by atoms with van der Waals surface area (Å²) in [6.07, 6.45) is 1.35. The quantitative estimate of drug-likeness (QED) is 0.673. The van der Waals surface area contributed by atoms with Crippen molar-refractivity contribution in [3.63, 3.8) is 0 Å². The van der Waals surface area contributed by atoms with Crippen molar-refractivity contribution in [1.82, 2.24) is 19.6 Å². The van der Waals surface area contributed by atoms with E-state index in [1.165, 1.54) is 23.1 Å². The van der Waals surface area contributed by atoms with Crippen molar-refractivity contribution < 1.29 is 22.4 Å². The summed E-state index contributed by atoms with van der Waals surface area (Å²) in [6.45, 7) is 0.262. The molecule has 0 radical (unpaired) electrons. The van der Waals surface area contributed by atoms with E-state index in [-0.39, 0.29) is 29.9 Å². The van der Waals surface area contributed by atoms with Gasteiger partial charge in [-0.2, -0.15) is 18.3 Å². The molecule has 0 bridgehead atoms. The molecule has 1 unspecified atom stereocenters. The molecule has 3 aromatic rings. The van der Waals surface area contributed by atoms with Crippen LogP contribution in [0.2, 0.25) is 0 Å². The first-order valence-electron chi connectivity index (χ1n) is 8.89. The van der Waals surface area contributed by atoms with E-state index in [1.807, 2.05) is 0 Å². The topological polar surface area (TPSA) is 75.4 Å². The maximum atomic E-state index is 13.3. The van der Waals surface area contributed by atoms with Crippen LogP contribution < -0.4 is 10.2 Å². The smallest absolute Gasteiger partial charge is 0.356 e. The van der Waals surface area contributed by atoms with Crippen molar-refractivity contribution in [2.75, 3.05) is 23.3 Å². The zero-order chi connectivity index (χ0) is 20.6. The fourth-order valence-corrected chi connectivity index (χ4v) is 3.33. The summed E-state index contributed by atoms with van der Waals surface area (Å²) in [5.74, 6) is -2.26. The van der Waals surface area contributed by atoms with Gasteiger partial charge in [0.05, 0.1) is 30.2 Å². The molecule has 29 heavy (non-hydrogen) atoms. The van der Waals surface area contributed by atoms with Gasteiger partial charge in [0.15, 0.2) is 5.65 Å². The van der Waals surface area contributed by atoms with Gasteiger partial charge in [-0.1, -0.05) is 0 Å². The third kappa shape index (κ3) is 3.98. The van der Waals surface area contributed by atoms with Crippen LogP contribution in [0, 0.1) is 11.7 Å². The molecule has 0 spiro atoms. The zero-order valence-corrected chi connectivity index (χ0v) is 15.0. The molecule has 1 N–H and O–H groups in total. The van der Waals surface area contributed by atoms with Crippen LogP contribution in [0.5, 0.6) is 0 Å². The summed E-state index contributed by atoms with van der Waals surface area (Å²) in [5.41, 5.74) is 0.466. The molecule has 4 heterocycles. The highest BCUT2D eigenvalue weighted by atomic mass is 19.4. The van der Waals surface area contributed by atoms with Crippen molar-refractivity contribution in [1.29, 1.82) is 0 Å². The second-order valence-electron chi connectivity index (χ2n) is 6.78. The SMILES string of the molecule is O=C(Nc1cncc(F)c1)c1cnn2ccc(N3CCCC(C(F)(F)F)C3)nc12. The zero-order valence-electron chi connectivity index (χ0n) is 15.0. The van der Waals surface area contributed by atoms with Gasteiger partial charge in [-0.05, 0) is 18.9 Å². The van der Waals surface area contributed by atoms with E-state index < -0.39 is 23.8 Å². The monoisotopic (exact) mass is 408 g/mol. The lowest BCUT2D eigenvalue weighted by atomic mass is 9.97. The maximum Gasteiger partial charge on any atom is 0.393 e. The molecule has 1 atom stereocenters. The van der Waals surface area contributed by atoms with E-state index in [0.29, 0.717) is 18.8 Å². The minimum Gasteiger partial charge on any atom is -0.356 e. The molecule has 152 valence electrons. The number of nitrogens with zero attached hydrogens (tertiary/aromatic N) is 5. The van der Waals surface area contributed by atoms with Gasteiger partial charge in [-0.3, -0.25) is 9.78 Å². The van der Waals surface area contributed by atoms with Gasteiger partial charge in [0.1, 0.15) is 17.2 Å². The minimum absolute atomic E-state index is 0.0876. The number of halogens is 4. The van der Waals surface area contributed by atoms with Gasteiger partial charge >= 0.3 is 6.18 Å². The summed E-state index contributed by atoms with van der Waals surface area (Å²) in [4.78, 5) is 22.1. The number of rotatable bonds is 3. The first kappa shape index (κ1) is 19.1. The van der Waals surface area contributed by atoms with Crippen molar-refractivity contribution >= 4 is 23.1 Å². The molecular weight excluding hydrogens is 392 g/mol. The molecule has 4 rings (SSSR count). The lowest BCUT2D eigenvalue weighted by molar-refractivity contribution is -0.176. The second-order valence-corrected chi connectivity index (χ2v) is 6.78. The average Bonchev–Trinajstić information content (AvgIpc) is 3.11. The summed E-state index contributed by atoms with van der Waals surface area (Å²) in [6, 6.07) is 2.68. The number of alkyl halides is 3. The Morgan fingerprint density at radius 2 is 2.07 bits per heavy atom. The molecule has 3 aromatic heterocycles. The predicted molar refractivity (Wildman–Crippen MR) is 96.1 cm³/mol. The summed E-state index contributed by atoms with van der Waals surface area (Å²) >= 11 is 0. The lowest BCUT2D eigenvalue weighted by Gasteiger charge is -2.34. The largest absolute Gasteiger partial charge is 0.393 e. The number of carbonyl (C=O) groups excluding carboxylic acids is 1. The highest BCUT2D eigenvalue weighted by molar-refractivity contribution is 6.08. The van der Waals surface area contributed by atoms with E-state index in [2.05, 4.69) is 20.4 Å². The molecule has 1 fully saturated rings. The number of fused-ring (bicyclic) bond motifs is 1. The molecule has 0 aromatic carbocycles. The van der Waals surface area contributed by atoms with E-state index >= 15 is 0 Å². The van der Waals surface area contributed by atoms with Crippen molar-refractivity contribution in [3.05, 3.63) is 48.3 Å². The molecule has 1 aliphatic rings. The number of aromatic nitrogens is 4. The standard InChI is InChI=1S/C18H16F4N6O/c19-12-6-13(8-23-7-12)25-17(29)14-9-24-28-5-3-15(26-16(14)28)27-4-1-2-11(10-27)18(20,21)22/h3,5-9,11H,1-2,4,10H2,(H,25,29). The summed E-state index contributed by atoms with van der Waals surface area (Å²) < 4.78 is 53.9. The number of nitrogens with one attached hydrogen (secondary N) is 1. The molecule has 1 saturated heterocycles. The van der Waals surface area contributed by atoms with E-state index in [9.17, 15) is 22.4 Å². The molecule has 1 aliphatic heterocycles. The van der Waals surface area contributed by atoms with Gasteiger partial charge in [-0.15, -0.1) is 0 Å². The van der Waals surface area contributed by atoms with Crippen molar-refractivity contribution in [2.24, 2.45) is 5.92 Å². The van der Waals surface area contributed by atoms with Crippen molar-refractivity contribution in [2.45, 2.75) is 19.0 Å². The Hall–Kier alpha value is -3.24. The van der Waals surface area contributed by atoms with Crippen LogP contribution in [0.25, 0.3) is 5.65 Å². The fourth-order valence-electron chi connectivity index (χ4n) is 3.33. The average molecular weight is 408 g/mol. The number of hydrogen-bond acceptors (Lipinski definition) is 5. The molecule has 7 nitrogen and oxygen atoms in total. The van der Waals surface area contributed by atoms with Crippen LogP contribution in [-0.2, 0) is 0 Å². The van der Waals surface area contributed by atoms with E-state index in [1.54, 1.807) is 11.0 Å². The van der Waals surface area contributed by atoms with Crippen LogP contribution in [0.4, 0.5) is 29.1 Å². The van der Waals surface area contributed by atoms with Crippen molar-refractivity contribution in [3.8, 4) is 0 Å². The Labute approximate surface area is 162 Å². The third-order valence-corrected chi connectivity index (χ3v) is 4.77. The number of carbonyl (C=O) groups is 1. The Morgan fingerprint density at radius 3 is 2.83 bits per heavy atom. The van der Waals surface area contributed by atoms with Crippen LogP contribution in [-0.4, -0.2) is 44.8 Å². The minimum atomic E-state index is -4.26. The first-order valence-corrected chi connectivity index (χ1v) is 8.89. The molecule has 1 amide bonds. The second kappa shape index (κ2) is 7.30. The number of hydrogen-bond donors (Lipinski definition) is 1. The van der Waals surface area contributed by atoms with Gasteiger partial charge in [0, 0.05) is 25.4 Å². The number of piperidine rings is 1. The molecule has 11 heteroatoms. The molecule has 0 aliphatic carbocycles. The van der Waals surface area contributed by atoms with Crippen LogP contribution in [0.3, 0.4) is 0 Å². The van der Waals surface area contributed by atoms with Crippen LogP contribution >= 0.6 is 0 Å². The van der Waals surface area contributed by atoms with Gasteiger partial charge in [-0.25, -0.2) is 13.9 Å². The lowest BCUT2D eigenvalue weighted by Crippen LogP contribution is -2.42.